The average Bonchev–Trinajstić information content (AvgIpc) is 3.62. The van der Waals surface area contributed by atoms with Gasteiger partial charge in [0.05, 0.1) is 56.4 Å². The molecule has 2 saturated heterocycles. The zero-order valence-electron chi connectivity index (χ0n) is 31.2. The molecule has 4 aromatic carbocycles. The van der Waals surface area contributed by atoms with Gasteiger partial charge in [-0.05, 0) is 85.2 Å². The number of halogens is 5. The lowest BCUT2D eigenvalue weighted by molar-refractivity contribution is -0.166. The van der Waals surface area contributed by atoms with Crippen molar-refractivity contribution in [3.05, 3.63) is 135 Å². The van der Waals surface area contributed by atoms with E-state index in [0.29, 0.717) is 40.2 Å². The molecule has 0 aromatic heterocycles. The van der Waals surface area contributed by atoms with Crippen molar-refractivity contribution in [3.63, 3.8) is 0 Å². The predicted molar refractivity (Wildman–Crippen MR) is 211 cm³/mol. The first-order chi connectivity index (χ1) is 27.4. The molecule has 0 radical (unpaired) electrons. The lowest BCUT2D eigenvalue weighted by Gasteiger charge is -2.63. The zero-order valence-corrected chi connectivity index (χ0v) is 32.7. The summed E-state index contributed by atoms with van der Waals surface area (Å²) in [5, 5.41) is 29.4. The highest BCUT2D eigenvalue weighted by Gasteiger charge is 2.81. The topological polar surface area (TPSA) is 111 Å². The minimum Gasteiger partial charge on any atom is -0.391 e. The van der Waals surface area contributed by atoms with Gasteiger partial charge in [0.1, 0.15) is 11.2 Å². The van der Waals surface area contributed by atoms with Gasteiger partial charge in [-0.1, -0.05) is 89.9 Å². The highest BCUT2D eigenvalue weighted by Crippen LogP contribution is 2.74. The monoisotopic (exact) mass is 821 g/mol. The molecule has 4 N–H and O–H groups in total. The summed E-state index contributed by atoms with van der Waals surface area (Å²) in [5.74, 6) is -3.05. The van der Waals surface area contributed by atoms with Crippen molar-refractivity contribution < 1.29 is 37.7 Å². The van der Waals surface area contributed by atoms with Crippen molar-refractivity contribution in [2.75, 3.05) is 25.3 Å². The van der Waals surface area contributed by atoms with Gasteiger partial charge in [-0.2, -0.15) is 0 Å². The summed E-state index contributed by atoms with van der Waals surface area (Å²) < 4.78 is 52.3. The smallest absolute Gasteiger partial charge is 0.238 e. The van der Waals surface area contributed by atoms with E-state index in [9.17, 15) is 10.2 Å². The molecule has 57 heavy (non-hydrogen) atoms. The van der Waals surface area contributed by atoms with Crippen LogP contribution in [0.4, 0.5) is 18.9 Å². The van der Waals surface area contributed by atoms with E-state index in [1.165, 1.54) is 12.1 Å². The number of carbonyl (C=O) groups excluding carboxylic acids is 2. The normalized spacial score (nSPS) is 27.7. The van der Waals surface area contributed by atoms with E-state index in [1.54, 1.807) is 61.5 Å². The number of nitrogens with one attached hydrogen (secondary N) is 2. The van der Waals surface area contributed by atoms with Crippen LogP contribution in [0, 0.1) is 11.2 Å². The number of fused-ring (bicyclic) bond motifs is 3. The maximum absolute atomic E-state index is 15.7. The number of alkyl halides is 2. The largest absolute Gasteiger partial charge is 0.391 e. The van der Waals surface area contributed by atoms with Gasteiger partial charge in [0.15, 0.2) is 0 Å². The number of nitrogens with zero attached hydrogens (tertiary/aromatic N) is 1. The number of benzene rings is 4. The molecule has 4 aliphatic rings. The number of ether oxygens (including phenoxy) is 1. The molecule has 3 fully saturated rings. The number of hydrogen-bond donors (Lipinski definition) is 4. The average molecular weight is 823 g/mol. The Bertz CT molecular complexity index is 2110. The molecule has 8 atom stereocenters. The predicted octanol–water partition coefficient (Wildman–Crippen LogP) is 7.77. The van der Waals surface area contributed by atoms with E-state index in [1.807, 2.05) is 29.2 Å². The standard InChI is InChI=1S/C44H44Cl2F3N3O5/c1-25(53)35-15-13-32(20-57-35)50-40(55)38-36(28-16-30(46)18-31(49)17-28)44(33-14-12-29(45)19-34(33)51-41(44)56)43(21-42(22-43,23-47)24-48)52(38)37(26-8-4-2-5-9-26)39(54)27-10-6-3-7-11-27/h2-12,14,16-19,25,32,35-39,53-54H,13,15,20-24H2,1H3,(H,50,55)(H,51,56)/t25-,32-,35+,36+,37-,38-,39+,44?/m1/s1. The molecule has 0 bridgehead atoms. The quantitative estimate of drug-likeness (QED) is 0.130. The molecule has 1 saturated carbocycles. The molecule has 1 unspecified atom stereocenters. The number of likely N-dealkylation sites (tertiary alicyclic amines) is 1. The molecule has 1 aliphatic carbocycles. The minimum atomic E-state index is -1.80. The van der Waals surface area contributed by atoms with Gasteiger partial charge in [0.25, 0.3) is 0 Å². The third kappa shape index (κ3) is 6.46. The molecule has 3 heterocycles. The van der Waals surface area contributed by atoms with Crippen molar-refractivity contribution in [3.8, 4) is 0 Å². The van der Waals surface area contributed by atoms with E-state index in [4.69, 9.17) is 27.9 Å². The van der Waals surface area contributed by atoms with Crippen LogP contribution < -0.4 is 10.6 Å². The van der Waals surface area contributed by atoms with Crippen LogP contribution >= 0.6 is 23.2 Å². The molecule has 13 heteroatoms. The Labute approximate surface area is 339 Å². The molecule has 2 amide bonds. The maximum Gasteiger partial charge on any atom is 0.238 e. The third-order valence-electron chi connectivity index (χ3n) is 12.8. The molecule has 2 spiro atoms. The first-order valence-corrected chi connectivity index (χ1v) is 20.0. The van der Waals surface area contributed by atoms with E-state index in [2.05, 4.69) is 10.6 Å². The second-order valence-electron chi connectivity index (χ2n) is 16.2. The summed E-state index contributed by atoms with van der Waals surface area (Å²) in [6, 6.07) is 23.7. The van der Waals surface area contributed by atoms with Crippen molar-refractivity contribution in [1.82, 2.24) is 10.2 Å². The second kappa shape index (κ2) is 15.3. The minimum absolute atomic E-state index is 0.0193. The fourth-order valence-corrected chi connectivity index (χ4v) is 10.9. The van der Waals surface area contributed by atoms with Crippen LogP contribution in [0.25, 0.3) is 0 Å². The van der Waals surface area contributed by atoms with Gasteiger partial charge in [-0.3, -0.25) is 23.3 Å². The van der Waals surface area contributed by atoms with Crippen LogP contribution in [0.3, 0.4) is 0 Å². The summed E-state index contributed by atoms with van der Waals surface area (Å²) in [4.78, 5) is 32.8. The lowest BCUT2D eigenvalue weighted by atomic mass is 9.45. The summed E-state index contributed by atoms with van der Waals surface area (Å²) in [5.41, 5.74) is -2.82. The first-order valence-electron chi connectivity index (χ1n) is 19.2. The Morgan fingerprint density at radius 1 is 0.930 bits per heavy atom. The molecule has 300 valence electrons. The Balaban J connectivity index is 1.43. The number of anilines is 1. The van der Waals surface area contributed by atoms with E-state index < -0.39 is 89.7 Å². The summed E-state index contributed by atoms with van der Waals surface area (Å²) in [7, 11) is 0. The van der Waals surface area contributed by atoms with Crippen LogP contribution in [0.5, 0.6) is 0 Å². The number of carbonyl (C=O) groups is 2. The van der Waals surface area contributed by atoms with Crippen LogP contribution in [-0.4, -0.2) is 76.7 Å². The number of amides is 2. The number of aliphatic hydroxyl groups is 2. The lowest BCUT2D eigenvalue weighted by Crippen LogP contribution is -2.72. The zero-order chi connectivity index (χ0) is 40.3. The Hall–Kier alpha value is -3.97. The van der Waals surface area contributed by atoms with E-state index >= 15 is 22.8 Å². The summed E-state index contributed by atoms with van der Waals surface area (Å²) in [6.45, 7) is -0.359. The van der Waals surface area contributed by atoms with Gasteiger partial charge in [-0.25, -0.2) is 4.39 Å². The van der Waals surface area contributed by atoms with Gasteiger partial charge in [0, 0.05) is 32.6 Å². The Morgan fingerprint density at radius 2 is 1.60 bits per heavy atom. The summed E-state index contributed by atoms with van der Waals surface area (Å²) in [6.07, 6.45) is -2.01. The highest BCUT2D eigenvalue weighted by molar-refractivity contribution is 6.31. The van der Waals surface area contributed by atoms with E-state index in [0.717, 1.165) is 6.07 Å². The molecular weight excluding hydrogens is 778 g/mol. The van der Waals surface area contributed by atoms with Gasteiger partial charge in [-0.15, -0.1) is 0 Å². The fraction of sp³-hybridized carbons (Fsp3) is 0.409. The van der Waals surface area contributed by atoms with Gasteiger partial charge >= 0.3 is 0 Å². The second-order valence-corrected chi connectivity index (χ2v) is 17.1. The van der Waals surface area contributed by atoms with Crippen LogP contribution in [0.2, 0.25) is 10.0 Å². The van der Waals surface area contributed by atoms with Crippen molar-refractivity contribution in [1.29, 1.82) is 0 Å². The Kier molecular flexibility index (Phi) is 10.7. The van der Waals surface area contributed by atoms with Crippen LogP contribution in [0.1, 0.15) is 72.9 Å². The van der Waals surface area contributed by atoms with Crippen molar-refractivity contribution >= 4 is 40.7 Å². The number of rotatable bonds is 10. The van der Waals surface area contributed by atoms with Crippen LogP contribution in [-0.2, 0) is 19.7 Å². The Morgan fingerprint density at radius 3 is 2.19 bits per heavy atom. The maximum atomic E-state index is 15.7. The SMILES string of the molecule is C[C@@H](O)[C@@H]1CC[C@@H](NC(=O)[C@H]2[C@H](c3cc(F)cc(Cl)c3)C3(C(=O)Nc4cc(Cl)ccc43)C3(CC(CF)(CF)C3)N2[C@H](c2ccccc2)[C@@H](O)c2ccccc2)CO1. The van der Waals surface area contributed by atoms with Crippen molar-refractivity contribution in [2.24, 2.45) is 5.41 Å². The number of aliphatic hydroxyl groups excluding tert-OH is 2. The third-order valence-corrected chi connectivity index (χ3v) is 13.3. The molecular formula is C44H44Cl2F3N3O5. The van der Waals surface area contributed by atoms with Crippen LogP contribution in [0.15, 0.2) is 97.1 Å². The molecule has 3 aliphatic heterocycles. The fourth-order valence-electron chi connectivity index (χ4n) is 10.5. The van der Waals surface area contributed by atoms with Gasteiger partial charge < -0.3 is 25.6 Å². The van der Waals surface area contributed by atoms with E-state index in [-0.39, 0.29) is 30.0 Å². The molecule has 8 rings (SSSR count). The molecule has 4 aromatic rings. The summed E-state index contributed by atoms with van der Waals surface area (Å²) >= 11 is 13.1. The number of hydrogen-bond acceptors (Lipinski definition) is 6. The highest BCUT2D eigenvalue weighted by atomic mass is 35.5. The first kappa shape index (κ1) is 39.8. The molecule has 8 nitrogen and oxygen atoms in total. The van der Waals surface area contributed by atoms with Gasteiger partial charge in [0.2, 0.25) is 11.8 Å². The van der Waals surface area contributed by atoms with Crippen molar-refractivity contribution in [2.45, 2.75) is 85.9 Å².